The molecule has 3 N–H and O–H groups in total. The topological polar surface area (TPSA) is 75.4 Å². The van der Waals surface area contributed by atoms with Gasteiger partial charge in [-0.25, -0.2) is 0 Å². The number of carbonyl (C=O) groups excluding carboxylic acids is 2. The van der Waals surface area contributed by atoms with Crippen LogP contribution in [0.1, 0.15) is 48.9 Å². The predicted octanol–water partition coefficient (Wildman–Crippen LogP) is 2.06. The number of nitrogens with zero attached hydrogens (tertiary/aromatic N) is 1. The molecule has 1 heterocycles. The van der Waals surface area contributed by atoms with Gasteiger partial charge in [-0.2, -0.15) is 0 Å². The molecular weight excluding hydrogens is 290 g/mol. The van der Waals surface area contributed by atoms with E-state index in [1.54, 1.807) is 11.0 Å². The second-order valence-corrected chi connectivity index (χ2v) is 6.56. The first kappa shape index (κ1) is 16.0. The van der Waals surface area contributed by atoms with E-state index in [4.69, 9.17) is 5.73 Å². The number of hydrogen-bond donors (Lipinski definition) is 2. The maximum Gasteiger partial charge on any atom is 0.251 e. The quantitative estimate of drug-likeness (QED) is 0.893. The SMILES string of the molecule is NCC1CCCCC1NC(=O)c1cccc(N2CCCC2=O)c1. The van der Waals surface area contributed by atoms with Crippen LogP contribution in [0.15, 0.2) is 24.3 Å². The number of nitrogens with one attached hydrogen (secondary N) is 1. The molecular formula is C18H25N3O2. The largest absolute Gasteiger partial charge is 0.349 e. The number of benzene rings is 1. The van der Waals surface area contributed by atoms with E-state index in [0.717, 1.165) is 37.9 Å². The molecule has 2 amide bonds. The lowest BCUT2D eigenvalue weighted by molar-refractivity contribution is -0.117. The Bertz CT molecular complexity index is 587. The third-order valence-electron chi connectivity index (χ3n) is 5.02. The smallest absolute Gasteiger partial charge is 0.251 e. The Morgan fingerprint density at radius 1 is 1.26 bits per heavy atom. The zero-order valence-electron chi connectivity index (χ0n) is 13.5. The Kier molecular flexibility index (Phi) is 4.96. The van der Waals surface area contributed by atoms with Gasteiger partial charge in [0.05, 0.1) is 0 Å². The Morgan fingerprint density at radius 2 is 2.09 bits per heavy atom. The fourth-order valence-electron chi connectivity index (χ4n) is 3.67. The lowest BCUT2D eigenvalue weighted by Gasteiger charge is -2.31. The Hall–Kier alpha value is -1.88. The summed E-state index contributed by atoms with van der Waals surface area (Å²) in [6, 6.07) is 7.53. The highest BCUT2D eigenvalue weighted by atomic mass is 16.2. The maximum absolute atomic E-state index is 12.6. The molecule has 1 aromatic carbocycles. The Morgan fingerprint density at radius 3 is 2.83 bits per heavy atom. The highest BCUT2D eigenvalue weighted by molar-refractivity contribution is 5.99. The number of amides is 2. The summed E-state index contributed by atoms with van der Waals surface area (Å²) < 4.78 is 0. The van der Waals surface area contributed by atoms with E-state index in [1.165, 1.54) is 6.42 Å². The van der Waals surface area contributed by atoms with Crippen molar-refractivity contribution in [1.29, 1.82) is 0 Å². The van der Waals surface area contributed by atoms with Gasteiger partial charge in [0, 0.05) is 30.3 Å². The van der Waals surface area contributed by atoms with E-state index in [9.17, 15) is 9.59 Å². The van der Waals surface area contributed by atoms with Gasteiger partial charge in [-0.15, -0.1) is 0 Å². The monoisotopic (exact) mass is 315 g/mol. The summed E-state index contributed by atoms with van der Waals surface area (Å²) in [5.74, 6) is 0.443. The van der Waals surface area contributed by atoms with Crippen LogP contribution in [0.25, 0.3) is 0 Å². The lowest BCUT2D eigenvalue weighted by Crippen LogP contribution is -2.44. The lowest BCUT2D eigenvalue weighted by atomic mass is 9.84. The maximum atomic E-state index is 12.6. The molecule has 2 atom stereocenters. The van der Waals surface area contributed by atoms with Crippen LogP contribution in [0.5, 0.6) is 0 Å². The molecule has 2 unspecified atom stereocenters. The summed E-state index contributed by atoms with van der Waals surface area (Å²) >= 11 is 0. The summed E-state index contributed by atoms with van der Waals surface area (Å²) in [7, 11) is 0. The van der Waals surface area contributed by atoms with Crippen LogP contribution in [-0.4, -0.2) is 30.9 Å². The molecule has 5 heteroatoms. The molecule has 0 bridgehead atoms. The molecule has 1 saturated carbocycles. The van der Waals surface area contributed by atoms with Crippen molar-refractivity contribution in [3.05, 3.63) is 29.8 Å². The fourth-order valence-corrected chi connectivity index (χ4v) is 3.67. The van der Waals surface area contributed by atoms with Crippen LogP contribution in [0.2, 0.25) is 0 Å². The van der Waals surface area contributed by atoms with Gasteiger partial charge < -0.3 is 16.0 Å². The van der Waals surface area contributed by atoms with Crippen molar-refractivity contribution in [2.24, 2.45) is 11.7 Å². The average molecular weight is 315 g/mol. The second-order valence-electron chi connectivity index (χ2n) is 6.56. The summed E-state index contributed by atoms with van der Waals surface area (Å²) in [5, 5.41) is 3.14. The molecule has 1 aliphatic carbocycles. The second kappa shape index (κ2) is 7.13. The third-order valence-corrected chi connectivity index (χ3v) is 5.02. The first-order chi connectivity index (χ1) is 11.2. The van der Waals surface area contributed by atoms with Crippen molar-refractivity contribution in [1.82, 2.24) is 5.32 Å². The molecule has 1 aliphatic heterocycles. The molecule has 23 heavy (non-hydrogen) atoms. The molecule has 124 valence electrons. The van der Waals surface area contributed by atoms with E-state index in [1.807, 2.05) is 18.2 Å². The van der Waals surface area contributed by atoms with Crippen molar-refractivity contribution in [3.63, 3.8) is 0 Å². The first-order valence-electron chi connectivity index (χ1n) is 8.60. The van der Waals surface area contributed by atoms with E-state index in [2.05, 4.69) is 5.32 Å². The van der Waals surface area contributed by atoms with Crippen LogP contribution < -0.4 is 16.0 Å². The van der Waals surface area contributed by atoms with Gasteiger partial charge in [-0.1, -0.05) is 18.9 Å². The van der Waals surface area contributed by atoms with Gasteiger partial charge >= 0.3 is 0 Å². The van der Waals surface area contributed by atoms with Crippen molar-refractivity contribution in [2.45, 2.75) is 44.6 Å². The summed E-state index contributed by atoms with van der Waals surface area (Å²) in [5.41, 5.74) is 7.27. The highest BCUT2D eigenvalue weighted by Gasteiger charge is 2.26. The minimum Gasteiger partial charge on any atom is -0.349 e. The van der Waals surface area contributed by atoms with Crippen LogP contribution in [0.4, 0.5) is 5.69 Å². The van der Waals surface area contributed by atoms with Gasteiger partial charge in [0.15, 0.2) is 0 Å². The first-order valence-corrected chi connectivity index (χ1v) is 8.60. The van der Waals surface area contributed by atoms with E-state index >= 15 is 0 Å². The number of nitrogens with two attached hydrogens (primary N) is 1. The van der Waals surface area contributed by atoms with E-state index in [0.29, 0.717) is 24.4 Å². The molecule has 2 aliphatic rings. The number of carbonyl (C=O) groups is 2. The minimum absolute atomic E-state index is 0.0659. The van der Waals surface area contributed by atoms with Crippen LogP contribution in [-0.2, 0) is 4.79 Å². The minimum atomic E-state index is -0.0659. The molecule has 0 spiro atoms. The van der Waals surface area contributed by atoms with Crippen molar-refractivity contribution >= 4 is 17.5 Å². The van der Waals surface area contributed by atoms with Gasteiger partial charge in [-0.3, -0.25) is 9.59 Å². The number of hydrogen-bond acceptors (Lipinski definition) is 3. The number of rotatable bonds is 4. The molecule has 3 rings (SSSR count). The van der Waals surface area contributed by atoms with Gasteiger partial charge in [-0.05, 0) is 49.9 Å². The zero-order chi connectivity index (χ0) is 16.2. The predicted molar refractivity (Wildman–Crippen MR) is 90.3 cm³/mol. The zero-order valence-corrected chi connectivity index (χ0v) is 13.5. The average Bonchev–Trinajstić information content (AvgIpc) is 3.01. The van der Waals surface area contributed by atoms with Crippen molar-refractivity contribution < 1.29 is 9.59 Å². The highest BCUT2D eigenvalue weighted by Crippen LogP contribution is 2.25. The van der Waals surface area contributed by atoms with Crippen molar-refractivity contribution in [2.75, 3.05) is 18.0 Å². The van der Waals surface area contributed by atoms with E-state index in [-0.39, 0.29) is 17.9 Å². The fraction of sp³-hybridized carbons (Fsp3) is 0.556. The van der Waals surface area contributed by atoms with Gasteiger partial charge in [0.25, 0.3) is 5.91 Å². The number of anilines is 1. The molecule has 0 radical (unpaired) electrons. The van der Waals surface area contributed by atoms with Crippen LogP contribution in [0.3, 0.4) is 0 Å². The summed E-state index contributed by atoms with van der Waals surface area (Å²) in [6.45, 7) is 1.36. The molecule has 0 aromatic heterocycles. The normalized spacial score (nSPS) is 24.7. The summed E-state index contributed by atoms with van der Waals surface area (Å²) in [4.78, 5) is 26.2. The van der Waals surface area contributed by atoms with Crippen LogP contribution in [0, 0.1) is 5.92 Å². The molecule has 1 aromatic rings. The summed E-state index contributed by atoms with van der Waals surface area (Å²) in [6.07, 6.45) is 5.90. The van der Waals surface area contributed by atoms with Gasteiger partial charge in [0.1, 0.15) is 0 Å². The Labute approximate surface area is 137 Å². The van der Waals surface area contributed by atoms with Crippen molar-refractivity contribution in [3.8, 4) is 0 Å². The van der Waals surface area contributed by atoms with E-state index < -0.39 is 0 Å². The molecule has 2 fully saturated rings. The standard InChI is InChI=1S/C18H25N3O2/c19-12-14-5-1-2-8-16(14)20-18(23)13-6-3-7-15(11-13)21-10-4-9-17(21)22/h3,6-7,11,14,16H,1-2,4-5,8-10,12,19H2,(H,20,23). The van der Waals surface area contributed by atoms with Crippen LogP contribution >= 0.6 is 0 Å². The third kappa shape index (κ3) is 3.55. The molecule has 1 saturated heterocycles. The molecule has 5 nitrogen and oxygen atoms in total. The van der Waals surface area contributed by atoms with Gasteiger partial charge in [0.2, 0.25) is 5.91 Å². The Balaban J connectivity index is 1.71.